The summed E-state index contributed by atoms with van der Waals surface area (Å²) in [7, 11) is 0. The molecule has 2 aromatic carbocycles. The molecule has 0 bridgehead atoms. The van der Waals surface area contributed by atoms with Crippen LogP contribution in [0.1, 0.15) is 17.3 Å². The van der Waals surface area contributed by atoms with Gasteiger partial charge in [0.25, 0.3) is 5.69 Å². The average molecular weight is 275 g/mol. The molecule has 2 rings (SSSR count). The van der Waals surface area contributed by atoms with Crippen LogP contribution >= 0.6 is 0 Å². The van der Waals surface area contributed by atoms with E-state index in [2.05, 4.69) is 0 Å². The van der Waals surface area contributed by atoms with Crippen molar-refractivity contribution in [2.24, 2.45) is 0 Å². The Bertz CT molecular complexity index is 685. The van der Waals surface area contributed by atoms with Crippen molar-refractivity contribution in [1.29, 1.82) is 0 Å². The fourth-order valence-corrected chi connectivity index (χ4v) is 1.67. The van der Waals surface area contributed by atoms with Crippen LogP contribution < -0.4 is 4.74 Å². The van der Waals surface area contributed by atoms with E-state index >= 15 is 0 Å². The Morgan fingerprint density at radius 2 is 1.95 bits per heavy atom. The Kier molecular flexibility index (Phi) is 3.74. The van der Waals surface area contributed by atoms with Crippen LogP contribution in [-0.4, -0.2) is 10.7 Å². The lowest BCUT2D eigenvalue weighted by atomic mass is 10.1. The van der Waals surface area contributed by atoms with Crippen LogP contribution in [0, 0.1) is 15.9 Å². The number of nitro groups is 1. The first-order chi connectivity index (χ1) is 9.49. The molecule has 0 saturated heterocycles. The second-order valence-corrected chi connectivity index (χ2v) is 4.02. The van der Waals surface area contributed by atoms with Gasteiger partial charge in [-0.15, -0.1) is 0 Å². The van der Waals surface area contributed by atoms with Crippen molar-refractivity contribution in [3.05, 3.63) is 64.0 Å². The maximum Gasteiger partial charge on any atom is 0.280 e. The highest BCUT2D eigenvalue weighted by Gasteiger charge is 2.18. The number of benzene rings is 2. The van der Waals surface area contributed by atoms with E-state index in [9.17, 15) is 19.3 Å². The van der Waals surface area contributed by atoms with E-state index in [0.717, 1.165) is 6.07 Å². The van der Waals surface area contributed by atoms with E-state index in [0.29, 0.717) is 0 Å². The van der Waals surface area contributed by atoms with E-state index in [-0.39, 0.29) is 22.7 Å². The molecule has 0 aliphatic rings. The van der Waals surface area contributed by atoms with Gasteiger partial charge < -0.3 is 4.74 Å². The Hall–Kier alpha value is -2.76. The molecule has 6 heteroatoms. The molecule has 0 spiro atoms. The fraction of sp³-hybridized carbons (Fsp3) is 0.0714. The molecule has 20 heavy (non-hydrogen) atoms. The van der Waals surface area contributed by atoms with Gasteiger partial charge in [-0.2, -0.15) is 0 Å². The van der Waals surface area contributed by atoms with E-state index in [1.807, 2.05) is 0 Å². The number of hydrogen-bond donors (Lipinski definition) is 0. The Labute approximate surface area is 113 Å². The van der Waals surface area contributed by atoms with Gasteiger partial charge in [-0.1, -0.05) is 12.1 Å². The average Bonchev–Trinajstić information content (AvgIpc) is 2.41. The fourth-order valence-electron chi connectivity index (χ4n) is 1.67. The topological polar surface area (TPSA) is 69.4 Å². The lowest BCUT2D eigenvalue weighted by Gasteiger charge is -2.07. The lowest BCUT2D eigenvalue weighted by Crippen LogP contribution is -2.00. The third-order valence-corrected chi connectivity index (χ3v) is 2.61. The van der Waals surface area contributed by atoms with E-state index in [1.165, 1.54) is 37.3 Å². The molecule has 0 aliphatic heterocycles. The number of ketones is 1. The number of ether oxygens (including phenoxy) is 1. The van der Waals surface area contributed by atoms with Crippen molar-refractivity contribution in [3.63, 3.8) is 0 Å². The zero-order valence-electron chi connectivity index (χ0n) is 10.5. The second-order valence-electron chi connectivity index (χ2n) is 4.02. The first-order valence-corrected chi connectivity index (χ1v) is 5.71. The molecule has 5 nitrogen and oxygen atoms in total. The number of para-hydroxylation sites is 1. The summed E-state index contributed by atoms with van der Waals surface area (Å²) in [5.74, 6) is -0.882. The number of Topliss-reactive ketones (excluding diaryl/α,β-unsaturated/α-hetero) is 1. The molecule has 0 unspecified atom stereocenters. The number of carbonyl (C=O) groups excluding carboxylic acids is 1. The molecule has 0 aromatic heterocycles. The summed E-state index contributed by atoms with van der Waals surface area (Å²) in [6.07, 6.45) is 0. The van der Waals surface area contributed by atoms with Crippen molar-refractivity contribution < 1.29 is 18.8 Å². The number of halogens is 1. The molecule has 0 heterocycles. The second kappa shape index (κ2) is 5.48. The van der Waals surface area contributed by atoms with Crippen LogP contribution in [-0.2, 0) is 0 Å². The van der Waals surface area contributed by atoms with E-state index < -0.39 is 16.5 Å². The van der Waals surface area contributed by atoms with Crippen molar-refractivity contribution >= 4 is 11.5 Å². The molecular weight excluding hydrogens is 265 g/mol. The maximum atomic E-state index is 13.4. The Morgan fingerprint density at radius 3 is 2.55 bits per heavy atom. The number of nitro benzene ring substituents is 1. The van der Waals surface area contributed by atoms with Crippen molar-refractivity contribution in [2.75, 3.05) is 0 Å². The minimum absolute atomic E-state index is 0.0177. The molecule has 0 N–H and O–H groups in total. The number of rotatable bonds is 4. The van der Waals surface area contributed by atoms with Crippen molar-refractivity contribution in [3.8, 4) is 11.5 Å². The molecule has 0 amide bonds. The smallest absolute Gasteiger partial charge is 0.280 e. The lowest BCUT2D eigenvalue weighted by molar-refractivity contribution is -0.385. The zero-order valence-corrected chi connectivity index (χ0v) is 10.5. The molecule has 102 valence electrons. The van der Waals surface area contributed by atoms with Gasteiger partial charge in [0.15, 0.2) is 17.3 Å². The molecule has 2 aromatic rings. The summed E-state index contributed by atoms with van der Waals surface area (Å²) in [5.41, 5.74) is -0.387. The Balaban J connectivity index is 2.40. The van der Waals surface area contributed by atoms with Crippen LogP contribution in [0.3, 0.4) is 0 Å². The first kappa shape index (κ1) is 13.7. The highest BCUT2D eigenvalue weighted by Crippen LogP contribution is 2.29. The van der Waals surface area contributed by atoms with Crippen LogP contribution in [0.4, 0.5) is 10.1 Å². The predicted molar refractivity (Wildman–Crippen MR) is 69.6 cm³/mol. The zero-order chi connectivity index (χ0) is 14.7. The maximum absolute atomic E-state index is 13.4. The largest absolute Gasteiger partial charge is 0.454 e. The van der Waals surface area contributed by atoms with Crippen molar-refractivity contribution in [2.45, 2.75) is 6.92 Å². The van der Waals surface area contributed by atoms with Gasteiger partial charge in [0.1, 0.15) is 5.75 Å². The predicted octanol–water partition coefficient (Wildman–Crippen LogP) is 3.73. The van der Waals surface area contributed by atoms with E-state index in [1.54, 1.807) is 6.07 Å². The minimum atomic E-state index is -0.649. The van der Waals surface area contributed by atoms with Gasteiger partial charge in [0.05, 0.1) is 10.5 Å². The molecular formula is C14H10FNO4. The summed E-state index contributed by atoms with van der Waals surface area (Å²) < 4.78 is 18.7. The van der Waals surface area contributed by atoms with Crippen LogP contribution in [0.15, 0.2) is 42.5 Å². The summed E-state index contributed by atoms with van der Waals surface area (Å²) >= 11 is 0. The van der Waals surface area contributed by atoms with Gasteiger partial charge in [-0.25, -0.2) is 4.39 Å². The summed E-state index contributed by atoms with van der Waals surface area (Å²) in [6.45, 7) is 1.22. The standard InChI is InChI=1S/C14H10FNO4/c1-9(17)11-8-10(6-7-13(11)16(18)19)20-14-5-3-2-4-12(14)15/h2-8H,1H3. The van der Waals surface area contributed by atoms with Gasteiger partial charge in [0.2, 0.25) is 0 Å². The first-order valence-electron chi connectivity index (χ1n) is 5.71. The number of hydrogen-bond acceptors (Lipinski definition) is 4. The molecule has 0 radical (unpaired) electrons. The van der Waals surface area contributed by atoms with Gasteiger partial charge in [-0.3, -0.25) is 14.9 Å². The molecule has 0 fully saturated rings. The van der Waals surface area contributed by atoms with Gasteiger partial charge in [0, 0.05) is 6.07 Å². The summed E-state index contributed by atoms with van der Waals surface area (Å²) in [5, 5.41) is 10.8. The summed E-state index contributed by atoms with van der Waals surface area (Å²) in [6, 6.07) is 9.46. The molecule has 0 saturated carbocycles. The van der Waals surface area contributed by atoms with E-state index in [4.69, 9.17) is 4.74 Å². The summed E-state index contributed by atoms with van der Waals surface area (Å²) in [4.78, 5) is 21.6. The SMILES string of the molecule is CC(=O)c1cc(Oc2ccccc2F)ccc1[N+](=O)[O-]. The quantitative estimate of drug-likeness (QED) is 0.484. The van der Waals surface area contributed by atoms with Crippen molar-refractivity contribution in [1.82, 2.24) is 0 Å². The number of carbonyl (C=O) groups is 1. The van der Waals surface area contributed by atoms with Gasteiger partial charge >= 0.3 is 0 Å². The highest BCUT2D eigenvalue weighted by molar-refractivity contribution is 5.98. The molecule has 0 aliphatic carbocycles. The highest BCUT2D eigenvalue weighted by atomic mass is 19.1. The van der Waals surface area contributed by atoms with Gasteiger partial charge in [-0.05, 0) is 31.2 Å². The minimum Gasteiger partial charge on any atom is -0.454 e. The van der Waals surface area contributed by atoms with Crippen LogP contribution in [0.2, 0.25) is 0 Å². The molecule has 0 atom stereocenters. The van der Waals surface area contributed by atoms with Crippen LogP contribution in [0.5, 0.6) is 11.5 Å². The third kappa shape index (κ3) is 2.80. The normalized spacial score (nSPS) is 10.1. The monoisotopic (exact) mass is 275 g/mol. The van der Waals surface area contributed by atoms with Crippen LogP contribution in [0.25, 0.3) is 0 Å². The Morgan fingerprint density at radius 1 is 1.25 bits per heavy atom. The number of nitrogens with zero attached hydrogens (tertiary/aromatic N) is 1. The third-order valence-electron chi connectivity index (χ3n) is 2.61.